The van der Waals surface area contributed by atoms with Crippen molar-refractivity contribution < 1.29 is 4.79 Å². The maximum atomic E-state index is 11.9. The predicted octanol–water partition coefficient (Wildman–Crippen LogP) is -0.285. The minimum absolute atomic E-state index is 0.117. The molecule has 0 aliphatic carbocycles. The van der Waals surface area contributed by atoms with E-state index in [2.05, 4.69) is 34.3 Å². The minimum atomic E-state index is 0.117. The maximum absolute atomic E-state index is 11.9. The lowest BCUT2D eigenvalue weighted by molar-refractivity contribution is -0.122. The monoisotopic (exact) mass is 279 g/mol. The SMILES string of the molecule is CN(C)C1CCN(CC(=O)NCCc2ccnn2C)C1. The molecule has 1 aliphatic rings. The summed E-state index contributed by atoms with van der Waals surface area (Å²) in [5.41, 5.74) is 1.14. The van der Waals surface area contributed by atoms with Crippen molar-refractivity contribution in [3.05, 3.63) is 18.0 Å². The third-order valence-corrected chi connectivity index (χ3v) is 3.97. The van der Waals surface area contributed by atoms with Gasteiger partial charge < -0.3 is 10.2 Å². The summed E-state index contributed by atoms with van der Waals surface area (Å²) in [7, 11) is 6.12. The molecule has 0 spiro atoms. The van der Waals surface area contributed by atoms with E-state index < -0.39 is 0 Å². The molecule has 1 amide bonds. The van der Waals surface area contributed by atoms with Gasteiger partial charge in [-0.2, -0.15) is 5.10 Å². The first-order valence-corrected chi connectivity index (χ1v) is 7.18. The minimum Gasteiger partial charge on any atom is -0.355 e. The fourth-order valence-corrected chi connectivity index (χ4v) is 2.61. The predicted molar refractivity (Wildman–Crippen MR) is 78.5 cm³/mol. The topological polar surface area (TPSA) is 53.4 Å². The van der Waals surface area contributed by atoms with E-state index in [1.165, 1.54) is 0 Å². The Kier molecular flexibility index (Phi) is 5.14. The number of likely N-dealkylation sites (N-methyl/N-ethyl adjacent to an activating group) is 1. The van der Waals surface area contributed by atoms with E-state index in [1.807, 2.05) is 17.8 Å². The summed E-state index contributed by atoms with van der Waals surface area (Å²) in [5.74, 6) is 0.117. The first-order chi connectivity index (χ1) is 9.56. The van der Waals surface area contributed by atoms with Crippen molar-refractivity contribution in [1.82, 2.24) is 24.9 Å². The molecule has 6 heteroatoms. The number of rotatable bonds is 6. The second kappa shape index (κ2) is 6.85. The Morgan fingerprint density at radius 3 is 2.95 bits per heavy atom. The van der Waals surface area contributed by atoms with E-state index in [0.717, 1.165) is 31.6 Å². The molecule has 1 aliphatic heterocycles. The first-order valence-electron chi connectivity index (χ1n) is 7.18. The van der Waals surface area contributed by atoms with Crippen LogP contribution >= 0.6 is 0 Å². The standard InChI is InChI=1S/C14H25N5O/c1-17(2)13-6-9-19(10-13)11-14(20)15-7-4-12-5-8-16-18(12)3/h5,8,13H,4,6-7,9-11H2,1-3H3,(H,15,20). The Morgan fingerprint density at radius 1 is 1.55 bits per heavy atom. The molecule has 20 heavy (non-hydrogen) atoms. The number of hydrogen-bond donors (Lipinski definition) is 1. The van der Waals surface area contributed by atoms with Crippen LogP contribution in [0.3, 0.4) is 0 Å². The lowest BCUT2D eigenvalue weighted by atomic mass is 10.2. The van der Waals surface area contributed by atoms with Crippen molar-refractivity contribution in [3.63, 3.8) is 0 Å². The molecular formula is C14H25N5O. The lowest BCUT2D eigenvalue weighted by Gasteiger charge is -2.20. The highest BCUT2D eigenvalue weighted by atomic mass is 16.2. The Hall–Kier alpha value is -1.40. The fourth-order valence-electron chi connectivity index (χ4n) is 2.61. The van der Waals surface area contributed by atoms with Gasteiger partial charge in [0.25, 0.3) is 0 Å². The molecule has 1 unspecified atom stereocenters. The van der Waals surface area contributed by atoms with Gasteiger partial charge in [0.2, 0.25) is 5.91 Å². The van der Waals surface area contributed by atoms with Gasteiger partial charge in [0.05, 0.1) is 6.54 Å². The summed E-state index contributed by atoms with van der Waals surface area (Å²) < 4.78 is 1.84. The van der Waals surface area contributed by atoms with E-state index in [0.29, 0.717) is 19.1 Å². The van der Waals surface area contributed by atoms with Crippen LogP contribution in [-0.4, -0.2) is 71.8 Å². The molecule has 2 heterocycles. The first kappa shape index (κ1) is 15.0. The normalized spacial score (nSPS) is 19.7. The van der Waals surface area contributed by atoms with Crippen molar-refractivity contribution in [2.45, 2.75) is 18.9 Å². The molecule has 1 aromatic heterocycles. The molecule has 0 aromatic carbocycles. The maximum Gasteiger partial charge on any atom is 0.234 e. The van der Waals surface area contributed by atoms with Crippen molar-refractivity contribution >= 4 is 5.91 Å². The van der Waals surface area contributed by atoms with Gasteiger partial charge in [-0.05, 0) is 26.6 Å². The molecule has 1 saturated heterocycles. The van der Waals surface area contributed by atoms with Crippen molar-refractivity contribution in [1.29, 1.82) is 0 Å². The van der Waals surface area contributed by atoms with Gasteiger partial charge in [0, 0.05) is 51.0 Å². The molecule has 1 N–H and O–H groups in total. The number of carbonyl (C=O) groups excluding carboxylic acids is 1. The van der Waals surface area contributed by atoms with Crippen LogP contribution < -0.4 is 5.32 Å². The van der Waals surface area contributed by atoms with Gasteiger partial charge in [-0.15, -0.1) is 0 Å². The van der Waals surface area contributed by atoms with Gasteiger partial charge in [-0.1, -0.05) is 0 Å². The van der Waals surface area contributed by atoms with Gasteiger partial charge in [0.15, 0.2) is 0 Å². The van der Waals surface area contributed by atoms with E-state index >= 15 is 0 Å². The number of likely N-dealkylation sites (tertiary alicyclic amines) is 1. The van der Waals surface area contributed by atoms with Crippen LogP contribution in [-0.2, 0) is 18.3 Å². The molecule has 1 aromatic rings. The molecule has 112 valence electrons. The second-order valence-electron chi connectivity index (χ2n) is 5.69. The number of amides is 1. The van der Waals surface area contributed by atoms with Crippen LogP contribution in [0, 0.1) is 0 Å². The van der Waals surface area contributed by atoms with Crippen molar-refractivity contribution in [3.8, 4) is 0 Å². The Morgan fingerprint density at radius 2 is 2.35 bits per heavy atom. The zero-order valence-corrected chi connectivity index (χ0v) is 12.7. The highest BCUT2D eigenvalue weighted by Gasteiger charge is 2.24. The number of nitrogens with one attached hydrogen (secondary N) is 1. The third-order valence-electron chi connectivity index (χ3n) is 3.97. The van der Waals surface area contributed by atoms with Crippen LogP contribution in [0.2, 0.25) is 0 Å². The number of nitrogens with zero attached hydrogens (tertiary/aromatic N) is 4. The zero-order valence-electron chi connectivity index (χ0n) is 12.7. The number of aryl methyl sites for hydroxylation is 1. The van der Waals surface area contributed by atoms with Gasteiger partial charge in [0.1, 0.15) is 0 Å². The molecule has 0 radical (unpaired) electrons. The van der Waals surface area contributed by atoms with Crippen LogP contribution in [0.1, 0.15) is 12.1 Å². The highest BCUT2D eigenvalue weighted by Crippen LogP contribution is 2.12. The quantitative estimate of drug-likeness (QED) is 0.778. The molecule has 0 saturated carbocycles. The summed E-state index contributed by atoms with van der Waals surface area (Å²) in [6.07, 6.45) is 3.75. The van der Waals surface area contributed by atoms with Crippen LogP contribution in [0.25, 0.3) is 0 Å². The summed E-state index contributed by atoms with van der Waals surface area (Å²) >= 11 is 0. The zero-order chi connectivity index (χ0) is 14.5. The van der Waals surface area contributed by atoms with E-state index in [-0.39, 0.29) is 5.91 Å². The molecule has 2 rings (SSSR count). The highest BCUT2D eigenvalue weighted by molar-refractivity contribution is 5.78. The molecule has 0 bridgehead atoms. The number of hydrogen-bond acceptors (Lipinski definition) is 4. The lowest BCUT2D eigenvalue weighted by Crippen LogP contribution is -2.38. The third kappa shape index (κ3) is 4.05. The summed E-state index contributed by atoms with van der Waals surface area (Å²) in [5, 5.41) is 7.10. The summed E-state index contributed by atoms with van der Waals surface area (Å²) in [6.45, 7) is 3.18. The van der Waals surface area contributed by atoms with E-state index in [1.54, 1.807) is 6.20 Å². The molecule has 1 fully saturated rings. The average Bonchev–Trinajstić information content (AvgIpc) is 2.99. The van der Waals surface area contributed by atoms with Crippen LogP contribution in [0.15, 0.2) is 12.3 Å². The van der Waals surface area contributed by atoms with Crippen LogP contribution in [0.5, 0.6) is 0 Å². The summed E-state index contributed by atoms with van der Waals surface area (Å²) in [4.78, 5) is 16.4. The Bertz CT molecular complexity index is 443. The van der Waals surface area contributed by atoms with E-state index in [9.17, 15) is 4.79 Å². The van der Waals surface area contributed by atoms with Gasteiger partial charge in [-0.3, -0.25) is 14.4 Å². The van der Waals surface area contributed by atoms with Crippen molar-refractivity contribution in [2.24, 2.45) is 7.05 Å². The van der Waals surface area contributed by atoms with Crippen molar-refractivity contribution in [2.75, 3.05) is 40.3 Å². The average molecular weight is 279 g/mol. The summed E-state index contributed by atoms with van der Waals surface area (Å²) in [6, 6.07) is 2.56. The fraction of sp³-hybridized carbons (Fsp3) is 0.714. The van der Waals surface area contributed by atoms with Crippen LogP contribution in [0.4, 0.5) is 0 Å². The molecular weight excluding hydrogens is 254 g/mol. The largest absolute Gasteiger partial charge is 0.355 e. The van der Waals surface area contributed by atoms with Gasteiger partial charge >= 0.3 is 0 Å². The van der Waals surface area contributed by atoms with Gasteiger partial charge in [-0.25, -0.2) is 0 Å². The number of aromatic nitrogens is 2. The Balaban J connectivity index is 1.65. The molecule has 1 atom stereocenters. The number of carbonyl (C=O) groups is 1. The Labute approximate surface area is 120 Å². The second-order valence-corrected chi connectivity index (χ2v) is 5.69. The smallest absolute Gasteiger partial charge is 0.234 e. The molecule has 6 nitrogen and oxygen atoms in total. The van der Waals surface area contributed by atoms with E-state index in [4.69, 9.17) is 0 Å².